The van der Waals surface area contributed by atoms with Crippen molar-refractivity contribution in [2.24, 2.45) is 0 Å². The first-order valence-corrected chi connectivity index (χ1v) is 8.25. The zero-order chi connectivity index (χ0) is 15.0. The van der Waals surface area contributed by atoms with E-state index >= 15 is 0 Å². The molecule has 0 saturated heterocycles. The first-order valence-electron chi connectivity index (χ1n) is 6.43. The highest BCUT2D eigenvalue weighted by Crippen LogP contribution is 2.14. The fourth-order valence-corrected chi connectivity index (χ4v) is 3.08. The third kappa shape index (κ3) is 5.02. The lowest BCUT2D eigenvalue weighted by Gasteiger charge is -2.20. The van der Waals surface area contributed by atoms with Gasteiger partial charge >= 0.3 is 0 Å². The van der Waals surface area contributed by atoms with E-state index in [-0.39, 0.29) is 18.6 Å². The van der Waals surface area contributed by atoms with Crippen molar-refractivity contribution >= 4 is 21.4 Å². The van der Waals surface area contributed by atoms with E-state index in [0.717, 1.165) is 0 Å². The molecule has 0 unspecified atom stereocenters. The fraction of sp³-hybridized carbons (Fsp3) is 0.429. The molecule has 1 aromatic carbocycles. The summed E-state index contributed by atoms with van der Waals surface area (Å²) >= 11 is 0. The van der Waals surface area contributed by atoms with Gasteiger partial charge in [0.2, 0.25) is 5.91 Å². The van der Waals surface area contributed by atoms with Gasteiger partial charge in [-0.1, -0.05) is 18.2 Å². The molecular formula is C14H18N2O3S. The number of nitrogens with zero attached hydrogens (tertiary/aromatic N) is 2. The molecule has 0 aliphatic rings. The number of rotatable bonds is 7. The van der Waals surface area contributed by atoms with Crippen LogP contribution in [0.2, 0.25) is 0 Å². The van der Waals surface area contributed by atoms with Crippen molar-refractivity contribution < 1.29 is 13.2 Å². The van der Waals surface area contributed by atoms with Gasteiger partial charge in [-0.25, -0.2) is 8.42 Å². The molecule has 0 fully saturated rings. The van der Waals surface area contributed by atoms with E-state index in [1.54, 1.807) is 31.2 Å². The minimum Gasteiger partial charge on any atom is -0.312 e. The summed E-state index contributed by atoms with van der Waals surface area (Å²) in [6, 6.07) is 10.9. The minimum absolute atomic E-state index is 0.126. The second-order valence-corrected chi connectivity index (χ2v) is 6.51. The van der Waals surface area contributed by atoms with Crippen molar-refractivity contribution in [3.05, 3.63) is 30.3 Å². The summed E-state index contributed by atoms with van der Waals surface area (Å²) in [6.07, 6.45) is 0.452. The molecule has 0 aliphatic carbocycles. The molecule has 0 N–H and O–H groups in total. The molecule has 1 amide bonds. The van der Waals surface area contributed by atoms with Gasteiger partial charge in [-0.15, -0.1) is 0 Å². The zero-order valence-electron chi connectivity index (χ0n) is 11.4. The van der Waals surface area contributed by atoms with Gasteiger partial charge in [0, 0.05) is 18.7 Å². The lowest BCUT2D eigenvalue weighted by atomic mass is 10.3. The summed E-state index contributed by atoms with van der Waals surface area (Å²) in [4.78, 5) is 13.6. The molecule has 0 heterocycles. The molecule has 0 atom stereocenters. The van der Waals surface area contributed by atoms with Crippen molar-refractivity contribution in [2.75, 3.05) is 23.0 Å². The Morgan fingerprint density at radius 2 is 1.95 bits per heavy atom. The highest BCUT2D eigenvalue weighted by Gasteiger charge is 2.21. The van der Waals surface area contributed by atoms with Gasteiger partial charge in [-0.2, -0.15) is 5.26 Å². The van der Waals surface area contributed by atoms with Crippen molar-refractivity contribution in [3.8, 4) is 6.07 Å². The lowest BCUT2D eigenvalue weighted by Crippen LogP contribution is -2.36. The van der Waals surface area contributed by atoms with Gasteiger partial charge in [0.05, 0.1) is 11.8 Å². The van der Waals surface area contributed by atoms with Crippen LogP contribution in [0.25, 0.3) is 0 Å². The summed E-state index contributed by atoms with van der Waals surface area (Å²) in [5, 5.41) is 8.40. The van der Waals surface area contributed by atoms with Gasteiger partial charge in [0.15, 0.2) is 9.84 Å². The van der Waals surface area contributed by atoms with Crippen LogP contribution in [0.5, 0.6) is 0 Å². The maximum Gasteiger partial charge on any atom is 0.242 e. The van der Waals surface area contributed by atoms with Crippen molar-refractivity contribution in [3.63, 3.8) is 0 Å². The maximum atomic E-state index is 12.1. The molecule has 108 valence electrons. The average Bonchev–Trinajstić information content (AvgIpc) is 2.40. The molecule has 0 aromatic heterocycles. The Bertz CT molecular complexity index is 576. The number of hydrogen-bond acceptors (Lipinski definition) is 4. The third-order valence-electron chi connectivity index (χ3n) is 2.77. The Morgan fingerprint density at radius 1 is 1.30 bits per heavy atom. The van der Waals surface area contributed by atoms with Gasteiger partial charge in [0.25, 0.3) is 0 Å². The summed E-state index contributed by atoms with van der Waals surface area (Å²) in [6.45, 7) is 2.21. The van der Waals surface area contributed by atoms with E-state index in [0.29, 0.717) is 12.2 Å². The normalized spacial score (nSPS) is 10.8. The second-order valence-electron chi connectivity index (χ2n) is 4.33. The van der Waals surface area contributed by atoms with Crippen molar-refractivity contribution in [1.29, 1.82) is 5.26 Å². The van der Waals surface area contributed by atoms with Gasteiger partial charge in [-0.3, -0.25) is 4.79 Å². The first-order chi connectivity index (χ1) is 9.50. The molecule has 0 radical (unpaired) electrons. The van der Waals surface area contributed by atoms with Crippen LogP contribution in [0.15, 0.2) is 30.3 Å². The summed E-state index contributed by atoms with van der Waals surface area (Å²) in [5.74, 6) is -1.07. The Hall–Kier alpha value is -1.87. The van der Waals surface area contributed by atoms with Crippen molar-refractivity contribution in [1.82, 2.24) is 0 Å². The van der Waals surface area contributed by atoms with Crippen LogP contribution in [0.3, 0.4) is 0 Å². The van der Waals surface area contributed by atoms with Crippen LogP contribution in [0.4, 0.5) is 5.69 Å². The molecule has 6 heteroatoms. The van der Waals surface area contributed by atoms with E-state index < -0.39 is 21.5 Å². The van der Waals surface area contributed by atoms with Crippen LogP contribution < -0.4 is 4.90 Å². The number of hydrogen-bond donors (Lipinski definition) is 0. The topological polar surface area (TPSA) is 78.2 Å². The number of benzene rings is 1. The molecule has 0 bridgehead atoms. The Morgan fingerprint density at radius 3 is 2.50 bits per heavy atom. The molecule has 1 rings (SSSR count). The van der Waals surface area contributed by atoms with Gasteiger partial charge in [-0.05, 0) is 25.5 Å². The number of sulfone groups is 1. The van der Waals surface area contributed by atoms with E-state index in [1.807, 2.05) is 12.1 Å². The van der Waals surface area contributed by atoms with E-state index in [2.05, 4.69) is 0 Å². The lowest BCUT2D eigenvalue weighted by molar-refractivity contribution is -0.116. The second kappa shape index (κ2) is 7.65. The molecular weight excluding hydrogens is 276 g/mol. The Labute approximate surface area is 119 Å². The van der Waals surface area contributed by atoms with E-state index in [1.165, 1.54) is 4.90 Å². The molecule has 0 spiro atoms. The Balaban J connectivity index is 2.71. The minimum atomic E-state index is -3.46. The number of unbranched alkanes of at least 4 members (excludes halogenated alkanes) is 1. The van der Waals surface area contributed by atoms with Gasteiger partial charge in [0.1, 0.15) is 5.75 Å². The molecule has 20 heavy (non-hydrogen) atoms. The first kappa shape index (κ1) is 16.2. The average molecular weight is 294 g/mol. The number of amides is 1. The molecule has 0 aliphatic heterocycles. The Kier molecular flexibility index (Phi) is 6.19. The predicted molar refractivity (Wildman–Crippen MR) is 78.0 cm³/mol. The molecule has 5 nitrogen and oxygen atoms in total. The quantitative estimate of drug-likeness (QED) is 0.718. The summed E-state index contributed by atoms with van der Waals surface area (Å²) in [7, 11) is -3.46. The monoisotopic (exact) mass is 294 g/mol. The molecule has 1 aromatic rings. The summed E-state index contributed by atoms with van der Waals surface area (Å²) < 4.78 is 23.6. The van der Waals surface area contributed by atoms with Crippen LogP contribution in [-0.4, -0.2) is 32.4 Å². The van der Waals surface area contributed by atoms with Crippen LogP contribution in [-0.2, 0) is 14.6 Å². The SMILES string of the molecule is CCN(C(=O)CS(=O)(=O)CCCC#N)c1ccccc1. The van der Waals surface area contributed by atoms with E-state index in [9.17, 15) is 13.2 Å². The van der Waals surface area contributed by atoms with Crippen LogP contribution >= 0.6 is 0 Å². The highest BCUT2D eigenvalue weighted by atomic mass is 32.2. The fourth-order valence-electron chi connectivity index (χ4n) is 1.82. The van der Waals surface area contributed by atoms with Crippen LogP contribution in [0.1, 0.15) is 19.8 Å². The maximum absolute atomic E-state index is 12.1. The molecule has 0 saturated carbocycles. The number of para-hydroxylation sites is 1. The van der Waals surface area contributed by atoms with E-state index in [4.69, 9.17) is 5.26 Å². The predicted octanol–water partition coefficient (Wildman–Crippen LogP) is 1.76. The zero-order valence-corrected chi connectivity index (χ0v) is 12.3. The number of carbonyl (C=O) groups is 1. The highest BCUT2D eigenvalue weighted by molar-refractivity contribution is 7.92. The number of carbonyl (C=O) groups excluding carboxylic acids is 1. The smallest absolute Gasteiger partial charge is 0.242 e. The number of nitriles is 1. The standard InChI is InChI=1S/C14H18N2O3S/c1-2-16(13-8-4-3-5-9-13)14(17)12-20(18,19)11-7-6-10-15/h3-5,8-9H,2,6-7,11-12H2,1H3. The largest absolute Gasteiger partial charge is 0.312 e. The van der Waals surface area contributed by atoms with Crippen molar-refractivity contribution in [2.45, 2.75) is 19.8 Å². The number of anilines is 1. The van der Waals surface area contributed by atoms with Crippen LogP contribution in [0, 0.1) is 11.3 Å². The van der Waals surface area contributed by atoms with Gasteiger partial charge < -0.3 is 4.90 Å². The third-order valence-corrected chi connectivity index (χ3v) is 4.37. The summed E-state index contributed by atoms with van der Waals surface area (Å²) in [5.41, 5.74) is 0.687.